The highest BCUT2D eigenvalue weighted by Gasteiger charge is 2.11. The first kappa shape index (κ1) is 18.2. The Balaban J connectivity index is 1.42. The number of para-hydroxylation sites is 1. The molecule has 0 aliphatic carbocycles. The van der Waals surface area contributed by atoms with Crippen molar-refractivity contribution in [1.29, 1.82) is 0 Å². The van der Waals surface area contributed by atoms with Crippen molar-refractivity contribution in [2.45, 2.75) is 6.92 Å². The van der Waals surface area contributed by atoms with Crippen LogP contribution in [0.1, 0.15) is 5.56 Å². The molecule has 4 aromatic rings. The molecule has 0 saturated carbocycles. The quantitative estimate of drug-likeness (QED) is 0.502. The van der Waals surface area contributed by atoms with Crippen LogP contribution in [-0.2, 0) is 4.79 Å². The van der Waals surface area contributed by atoms with E-state index in [-0.39, 0.29) is 12.5 Å². The summed E-state index contributed by atoms with van der Waals surface area (Å²) in [5.74, 6) is 1.17. The third-order valence-electron chi connectivity index (χ3n) is 4.23. The molecule has 7 heteroatoms. The maximum absolute atomic E-state index is 12.1. The molecule has 0 saturated heterocycles. The van der Waals surface area contributed by atoms with Crippen LogP contribution in [0, 0.1) is 13.5 Å². The van der Waals surface area contributed by atoms with Crippen molar-refractivity contribution >= 4 is 28.5 Å². The fourth-order valence-electron chi connectivity index (χ4n) is 2.74. The number of nitrogens with one attached hydrogen (secondary N) is 1. The highest BCUT2D eigenvalue weighted by molar-refractivity contribution is 5.91. The van der Waals surface area contributed by atoms with E-state index in [1.807, 2.05) is 31.2 Å². The van der Waals surface area contributed by atoms with Crippen LogP contribution in [0.3, 0.4) is 0 Å². The van der Waals surface area contributed by atoms with Gasteiger partial charge in [0.1, 0.15) is 11.6 Å². The van der Waals surface area contributed by atoms with Crippen molar-refractivity contribution in [3.8, 4) is 17.2 Å². The maximum Gasteiger partial charge on any atom is 0.263 e. The summed E-state index contributed by atoms with van der Waals surface area (Å²) in [5.41, 5.74) is 3.34. The Kier molecular flexibility index (Phi) is 4.91. The highest BCUT2D eigenvalue weighted by atomic mass is 16.5. The van der Waals surface area contributed by atoms with Crippen LogP contribution in [0.15, 0.2) is 65.2 Å². The van der Waals surface area contributed by atoms with E-state index in [0.29, 0.717) is 39.8 Å². The molecule has 0 spiro atoms. The zero-order chi connectivity index (χ0) is 20.2. The number of nitrogens with zero attached hydrogens (tertiary/aromatic N) is 3. The second kappa shape index (κ2) is 7.82. The van der Waals surface area contributed by atoms with Crippen molar-refractivity contribution in [2.24, 2.45) is 0 Å². The number of rotatable bonds is 5. The van der Waals surface area contributed by atoms with Gasteiger partial charge >= 0.3 is 0 Å². The summed E-state index contributed by atoms with van der Waals surface area (Å²) in [6.45, 7) is 8.88. The van der Waals surface area contributed by atoms with E-state index in [4.69, 9.17) is 15.7 Å². The molecule has 7 nitrogen and oxygen atoms in total. The number of carbonyl (C=O) groups is 1. The number of hydrogen-bond donors (Lipinski definition) is 1. The summed E-state index contributed by atoms with van der Waals surface area (Å²) in [7, 11) is 0. The molecular formula is C22H16N4O3. The number of aryl methyl sites for hydroxylation is 1. The van der Waals surface area contributed by atoms with E-state index < -0.39 is 0 Å². The van der Waals surface area contributed by atoms with E-state index >= 15 is 0 Å². The van der Waals surface area contributed by atoms with Crippen LogP contribution in [0.5, 0.6) is 5.75 Å². The largest absolute Gasteiger partial charge is 0.483 e. The number of pyridine rings is 1. The standard InChI is InChI=1S/C22H16N4O3/c1-14-5-3-4-6-18(14)28-13-21(27)26-20-10-7-15(12-24-20)22-25-17-11-16(23-2)8-9-19(17)29-22/h3-12H,13H2,1H3,(H,24,26,27). The Morgan fingerprint density at radius 2 is 2.07 bits per heavy atom. The van der Waals surface area contributed by atoms with Crippen LogP contribution in [0.2, 0.25) is 0 Å². The topological polar surface area (TPSA) is 81.6 Å². The summed E-state index contributed by atoms with van der Waals surface area (Å²) in [4.78, 5) is 24.1. The zero-order valence-electron chi connectivity index (χ0n) is 15.5. The number of carbonyl (C=O) groups excluding carboxylic acids is 1. The number of amides is 1. The summed E-state index contributed by atoms with van der Waals surface area (Å²) in [6, 6.07) is 16.0. The van der Waals surface area contributed by atoms with Gasteiger partial charge in [-0.3, -0.25) is 4.79 Å². The average molecular weight is 384 g/mol. The van der Waals surface area contributed by atoms with Gasteiger partial charge in [-0.15, -0.1) is 0 Å². The number of oxazole rings is 1. The van der Waals surface area contributed by atoms with Gasteiger partial charge in [-0.2, -0.15) is 0 Å². The lowest BCUT2D eigenvalue weighted by Gasteiger charge is -2.09. The van der Waals surface area contributed by atoms with Gasteiger partial charge in [0.25, 0.3) is 5.91 Å². The summed E-state index contributed by atoms with van der Waals surface area (Å²) in [6.07, 6.45) is 1.57. The molecule has 0 aliphatic rings. The maximum atomic E-state index is 12.1. The van der Waals surface area contributed by atoms with Gasteiger partial charge < -0.3 is 14.5 Å². The summed E-state index contributed by atoms with van der Waals surface area (Å²) >= 11 is 0. The predicted molar refractivity (Wildman–Crippen MR) is 109 cm³/mol. The third kappa shape index (κ3) is 4.06. The van der Waals surface area contributed by atoms with Crippen molar-refractivity contribution in [3.63, 3.8) is 0 Å². The average Bonchev–Trinajstić information content (AvgIpc) is 3.17. The molecule has 0 fully saturated rings. The van der Waals surface area contributed by atoms with Crippen LogP contribution in [-0.4, -0.2) is 22.5 Å². The molecule has 1 amide bonds. The fourth-order valence-corrected chi connectivity index (χ4v) is 2.74. The molecule has 1 N–H and O–H groups in total. The second-order valence-electron chi connectivity index (χ2n) is 6.32. The Morgan fingerprint density at radius 1 is 1.21 bits per heavy atom. The number of aromatic nitrogens is 2. The van der Waals surface area contributed by atoms with Crippen LogP contribution in [0.4, 0.5) is 11.5 Å². The van der Waals surface area contributed by atoms with E-state index in [2.05, 4.69) is 20.1 Å². The molecule has 2 aromatic carbocycles. The van der Waals surface area contributed by atoms with Crippen LogP contribution >= 0.6 is 0 Å². The van der Waals surface area contributed by atoms with Gasteiger partial charge in [0.2, 0.25) is 5.89 Å². The third-order valence-corrected chi connectivity index (χ3v) is 4.23. The second-order valence-corrected chi connectivity index (χ2v) is 6.32. The van der Waals surface area contributed by atoms with Gasteiger partial charge in [-0.25, -0.2) is 14.8 Å². The van der Waals surface area contributed by atoms with E-state index in [0.717, 1.165) is 5.56 Å². The van der Waals surface area contributed by atoms with Crippen molar-refractivity contribution < 1.29 is 13.9 Å². The molecular weight excluding hydrogens is 368 g/mol. The smallest absolute Gasteiger partial charge is 0.263 e. The van der Waals surface area contributed by atoms with Gasteiger partial charge in [-0.05, 0) is 42.8 Å². The van der Waals surface area contributed by atoms with E-state index in [1.165, 1.54) is 0 Å². The minimum absolute atomic E-state index is 0.108. The molecule has 142 valence electrons. The lowest BCUT2D eigenvalue weighted by atomic mass is 10.2. The van der Waals surface area contributed by atoms with Gasteiger partial charge in [0.05, 0.1) is 17.7 Å². The monoisotopic (exact) mass is 384 g/mol. The molecule has 4 rings (SSSR count). The Bertz CT molecular complexity index is 1220. The molecule has 0 atom stereocenters. The van der Waals surface area contributed by atoms with Crippen molar-refractivity contribution in [1.82, 2.24) is 9.97 Å². The molecule has 29 heavy (non-hydrogen) atoms. The summed E-state index contributed by atoms with van der Waals surface area (Å²) < 4.78 is 11.2. The number of fused-ring (bicyclic) bond motifs is 1. The highest BCUT2D eigenvalue weighted by Crippen LogP contribution is 2.27. The molecule has 0 bridgehead atoms. The lowest BCUT2D eigenvalue weighted by molar-refractivity contribution is -0.118. The number of ether oxygens (including phenoxy) is 1. The fraction of sp³-hybridized carbons (Fsp3) is 0.0909. The Morgan fingerprint density at radius 3 is 2.83 bits per heavy atom. The summed E-state index contributed by atoms with van der Waals surface area (Å²) in [5, 5.41) is 2.69. The zero-order valence-corrected chi connectivity index (χ0v) is 15.5. The Labute approximate surface area is 166 Å². The first-order chi connectivity index (χ1) is 14.1. The molecule has 0 aliphatic heterocycles. The molecule has 0 unspecified atom stereocenters. The van der Waals surface area contributed by atoms with Crippen molar-refractivity contribution in [2.75, 3.05) is 11.9 Å². The van der Waals surface area contributed by atoms with Crippen molar-refractivity contribution in [3.05, 3.63) is 77.8 Å². The van der Waals surface area contributed by atoms with Gasteiger partial charge in [0, 0.05) is 6.20 Å². The molecule has 2 heterocycles. The lowest BCUT2D eigenvalue weighted by Crippen LogP contribution is -2.20. The van der Waals surface area contributed by atoms with E-state index in [9.17, 15) is 4.79 Å². The predicted octanol–water partition coefficient (Wildman–Crippen LogP) is 4.77. The number of benzene rings is 2. The van der Waals surface area contributed by atoms with Crippen LogP contribution in [0.25, 0.3) is 27.4 Å². The Hall–Kier alpha value is -4.18. The minimum atomic E-state index is -0.304. The molecule has 0 radical (unpaired) electrons. The first-order valence-electron chi connectivity index (χ1n) is 8.85. The number of anilines is 1. The van der Waals surface area contributed by atoms with Crippen LogP contribution < -0.4 is 10.1 Å². The van der Waals surface area contributed by atoms with Gasteiger partial charge in [0.15, 0.2) is 17.9 Å². The SMILES string of the molecule is [C-]#[N+]c1ccc2oc(-c3ccc(NC(=O)COc4ccccc4C)nc3)nc2c1. The normalized spacial score (nSPS) is 10.5. The van der Waals surface area contributed by atoms with E-state index in [1.54, 1.807) is 36.5 Å². The molecule has 2 aromatic heterocycles. The van der Waals surface area contributed by atoms with Gasteiger partial charge in [-0.1, -0.05) is 24.3 Å². The first-order valence-corrected chi connectivity index (χ1v) is 8.85. The number of hydrogen-bond acceptors (Lipinski definition) is 5. The minimum Gasteiger partial charge on any atom is -0.483 e.